The quantitative estimate of drug-likeness (QED) is 0.453. The van der Waals surface area contributed by atoms with Crippen LogP contribution >= 0.6 is 0 Å². The Bertz CT molecular complexity index is 602. The van der Waals surface area contributed by atoms with Crippen LogP contribution in [-0.4, -0.2) is 44.8 Å². The first-order chi connectivity index (χ1) is 15.7. The minimum atomic E-state index is -0.306. The van der Waals surface area contributed by atoms with Crippen LogP contribution in [0.3, 0.4) is 0 Å². The molecule has 0 saturated heterocycles. The highest BCUT2D eigenvalue weighted by atomic mass is 16.3. The van der Waals surface area contributed by atoms with Crippen LogP contribution in [0.5, 0.6) is 0 Å². The summed E-state index contributed by atoms with van der Waals surface area (Å²) in [5.41, 5.74) is 0. The molecule has 4 heteroatoms. The van der Waals surface area contributed by atoms with E-state index in [9.17, 15) is 20.4 Å². The van der Waals surface area contributed by atoms with E-state index >= 15 is 0 Å². The fourth-order valence-electron chi connectivity index (χ4n) is 8.71. The Morgan fingerprint density at radius 1 is 0.515 bits per heavy atom. The second kappa shape index (κ2) is 11.3. The van der Waals surface area contributed by atoms with Crippen molar-refractivity contribution in [2.45, 2.75) is 129 Å². The molecule has 0 amide bonds. The molecule has 4 fully saturated rings. The second-order valence-corrected chi connectivity index (χ2v) is 13.3. The van der Waals surface area contributed by atoms with Crippen molar-refractivity contribution in [2.75, 3.05) is 0 Å². The van der Waals surface area contributed by atoms with Gasteiger partial charge in [0.05, 0.1) is 24.4 Å². The first-order valence-corrected chi connectivity index (χ1v) is 14.4. The maximum atomic E-state index is 11.6. The first kappa shape index (κ1) is 25.9. The van der Waals surface area contributed by atoms with E-state index in [4.69, 9.17) is 0 Å². The Labute approximate surface area is 202 Å². The molecule has 0 aromatic heterocycles. The highest BCUT2D eigenvalue weighted by Gasteiger charge is 2.44. The largest absolute Gasteiger partial charge is 0.393 e. The molecule has 11 atom stereocenters. The van der Waals surface area contributed by atoms with Gasteiger partial charge in [0, 0.05) is 0 Å². The van der Waals surface area contributed by atoms with E-state index < -0.39 is 0 Å². The number of hydrogen-bond acceptors (Lipinski definition) is 4. The van der Waals surface area contributed by atoms with Crippen molar-refractivity contribution in [3.05, 3.63) is 0 Å². The molecule has 4 N–H and O–H groups in total. The molecule has 0 aliphatic heterocycles. The summed E-state index contributed by atoms with van der Waals surface area (Å²) >= 11 is 0. The molecule has 4 nitrogen and oxygen atoms in total. The first-order valence-electron chi connectivity index (χ1n) is 14.4. The molecule has 0 bridgehead atoms. The van der Waals surface area contributed by atoms with Gasteiger partial charge in [0.25, 0.3) is 0 Å². The monoisotopic (exact) mass is 464 g/mol. The van der Waals surface area contributed by atoms with Gasteiger partial charge in [-0.1, -0.05) is 20.8 Å². The highest BCUT2D eigenvalue weighted by molar-refractivity contribution is 4.95. The van der Waals surface area contributed by atoms with Gasteiger partial charge in [-0.05, 0) is 137 Å². The van der Waals surface area contributed by atoms with Crippen molar-refractivity contribution < 1.29 is 20.4 Å². The van der Waals surface area contributed by atoms with Crippen molar-refractivity contribution in [1.82, 2.24) is 0 Å². The number of rotatable bonds is 5. The van der Waals surface area contributed by atoms with Gasteiger partial charge in [0.2, 0.25) is 0 Å². The summed E-state index contributed by atoms with van der Waals surface area (Å²) in [6, 6.07) is 0. The van der Waals surface area contributed by atoms with Crippen LogP contribution in [0.1, 0.15) is 104 Å². The number of hydrogen-bond donors (Lipinski definition) is 4. The van der Waals surface area contributed by atoms with Crippen LogP contribution in [0, 0.1) is 53.3 Å². The molecule has 4 rings (SSSR count). The van der Waals surface area contributed by atoms with Gasteiger partial charge in [0.1, 0.15) is 0 Å². The summed E-state index contributed by atoms with van der Waals surface area (Å²) < 4.78 is 0. The Hall–Kier alpha value is -0.160. The van der Waals surface area contributed by atoms with E-state index in [2.05, 4.69) is 20.8 Å². The molecule has 0 spiro atoms. The lowest BCUT2D eigenvalue weighted by Crippen LogP contribution is -2.45. The Balaban J connectivity index is 1.48. The van der Waals surface area contributed by atoms with Gasteiger partial charge in [-0.25, -0.2) is 0 Å². The summed E-state index contributed by atoms with van der Waals surface area (Å²) in [7, 11) is 0. The number of aliphatic hydroxyl groups is 4. The van der Waals surface area contributed by atoms with Crippen LogP contribution in [0.2, 0.25) is 0 Å². The van der Waals surface area contributed by atoms with Gasteiger partial charge in [0.15, 0.2) is 0 Å². The molecular weight excluding hydrogens is 412 g/mol. The summed E-state index contributed by atoms with van der Waals surface area (Å²) in [4.78, 5) is 0. The number of aliphatic hydroxyl groups excluding tert-OH is 4. The fraction of sp³-hybridized carbons (Fsp3) is 1.00. The third kappa shape index (κ3) is 6.35. The zero-order valence-electron chi connectivity index (χ0n) is 21.5. The van der Waals surface area contributed by atoms with Crippen LogP contribution in [-0.2, 0) is 0 Å². The van der Waals surface area contributed by atoms with Crippen molar-refractivity contribution >= 4 is 0 Å². The standard InChI is InChI=1S/C29H52O4/c1-17-4-9-27(31)22(11-17)15-24-13-21(20-5-7-26(30)8-6-20)14-25(29(24)33)16-23-12-18(2)10-19(3)28(23)32/h17-33H,4-16H2,1-3H3. The zero-order chi connectivity index (χ0) is 23.7. The third-order valence-electron chi connectivity index (χ3n) is 10.5. The summed E-state index contributed by atoms with van der Waals surface area (Å²) in [5.74, 6) is 4.10. The van der Waals surface area contributed by atoms with Gasteiger partial charge < -0.3 is 20.4 Å². The van der Waals surface area contributed by atoms with E-state index in [-0.39, 0.29) is 36.3 Å². The molecule has 4 saturated carbocycles. The van der Waals surface area contributed by atoms with Crippen LogP contribution in [0.15, 0.2) is 0 Å². The lowest BCUT2D eigenvalue weighted by molar-refractivity contribution is -0.0711. The van der Waals surface area contributed by atoms with Gasteiger partial charge in [-0.3, -0.25) is 0 Å². The topological polar surface area (TPSA) is 80.9 Å². The van der Waals surface area contributed by atoms with Gasteiger partial charge in [-0.15, -0.1) is 0 Å². The molecule has 192 valence electrons. The molecule has 0 heterocycles. The molecule has 0 aromatic carbocycles. The smallest absolute Gasteiger partial charge is 0.0596 e. The highest BCUT2D eigenvalue weighted by Crippen LogP contribution is 2.49. The predicted molar refractivity (Wildman–Crippen MR) is 132 cm³/mol. The Morgan fingerprint density at radius 2 is 1.09 bits per heavy atom. The fourth-order valence-corrected chi connectivity index (χ4v) is 8.71. The van der Waals surface area contributed by atoms with E-state index in [1.54, 1.807) is 0 Å². The lowest BCUT2D eigenvalue weighted by atomic mass is 9.60. The van der Waals surface area contributed by atoms with Crippen molar-refractivity contribution in [3.8, 4) is 0 Å². The van der Waals surface area contributed by atoms with Crippen molar-refractivity contribution in [1.29, 1.82) is 0 Å². The maximum Gasteiger partial charge on any atom is 0.0596 e. The molecular formula is C29H52O4. The van der Waals surface area contributed by atoms with E-state index in [1.165, 1.54) is 0 Å². The minimum absolute atomic E-state index is 0.124. The minimum Gasteiger partial charge on any atom is -0.393 e. The predicted octanol–water partition coefficient (Wildman–Crippen LogP) is 5.16. The Kier molecular flexibility index (Phi) is 8.85. The lowest BCUT2D eigenvalue weighted by Gasteiger charge is -2.47. The average Bonchev–Trinajstić information content (AvgIpc) is 2.77. The normalized spacial score (nSPS) is 51.9. The second-order valence-electron chi connectivity index (χ2n) is 13.3. The average molecular weight is 465 g/mol. The molecule has 33 heavy (non-hydrogen) atoms. The van der Waals surface area contributed by atoms with Crippen LogP contribution in [0.4, 0.5) is 0 Å². The van der Waals surface area contributed by atoms with Gasteiger partial charge >= 0.3 is 0 Å². The maximum absolute atomic E-state index is 11.6. The van der Waals surface area contributed by atoms with Gasteiger partial charge in [-0.2, -0.15) is 0 Å². The van der Waals surface area contributed by atoms with Crippen LogP contribution < -0.4 is 0 Å². The Morgan fingerprint density at radius 3 is 1.76 bits per heavy atom. The van der Waals surface area contributed by atoms with Crippen LogP contribution in [0.25, 0.3) is 0 Å². The van der Waals surface area contributed by atoms with Crippen molar-refractivity contribution in [3.63, 3.8) is 0 Å². The zero-order valence-corrected chi connectivity index (χ0v) is 21.5. The van der Waals surface area contributed by atoms with E-state index in [0.717, 1.165) is 83.5 Å². The summed E-state index contributed by atoms with van der Waals surface area (Å²) in [6.07, 6.45) is 12.6. The SMILES string of the molecule is CC1CCC(O)C(CC2CC(C3CCC(O)CC3)CC(CC3CC(C)CC(C)C3O)C2O)C1. The molecule has 11 unspecified atom stereocenters. The third-order valence-corrected chi connectivity index (χ3v) is 10.5. The van der Waals surface area contributed by atoms with E-state index in [1.807, 2.05) is 0 Å². The summed E-state index contributed by atoms with van der Waals surface area (Å²) in [5, 5.41) is 43.3. The molecule has 4 aliphatic rings. The molecule has 4 aliphatic carbocycles. The summed E-state index contributed by atoms with van der Waals surface area (Å²) in [6.45, 7) is 6.81. The van der Waals surface area contributed by atoms with Crippen molar-refractivity contribution in [2.24, 2.45) is 53.3 Å². The van der Waals surface area contributed by atoms with E-state index in [0.29, 0.717) is 41.4 Å². The molecule has 0 aromatic rings. The molecule has 0 radical (unpaired) electrons.